The molecule has 5 rings (SSSR count). The van der Waals surface area contributed by atoms with Gasteiger partial charge in [0, 0.05) is 23.7 Å². The lowest BCUT2D eigenvalue weighted by molar-refractivity contribution is -0.274. The molecule has 42 heavy (non-hydrogen) atoms. The molecule has 0 aliphatic carbocycles. The molecule has 0 saturated carbocycles. The van der Waals surface area contributed by atoms with Gasteiger partial charge in [-0.2, -0.15) is 5.10 Å². The van der Waals surface area contributed by atoms with Crippen molar-refractivity contribution in [1.29, 1.82) is 0 Å². The van der Waals surface area contributed by atoms with E-state index in [1.807, 2.05) is 51.1 Å². The number of nitrogens with zero attached hydrogens (tertiary/aromatic N) is 4. The maximum Gasteiger partial charge on any atom is 0.573 e. The first kappa shape index (κ1) is 29.5. The summed E-state index contributed by atoms with van der Waals surface area (Å²) in [6.07, 6.45) is -3.73. The summed E-state index contributed by atoms with van der Waals surface area (Å²) in [4.78, 5) is 31.8. The van der Waals surface area contributed by atoms with Gasteiger partial charge in [-0.1, -0.05) is 42.1 Å². The highest BCUT2D eigenvalue weighted by Crippen LogP contribution is 2.33. The Balaban J connectivity index is 1.33. The molecule has 1 N–H and O–H groups in total. The summed E-state index contributed by atoms with van der Waals surface area (Å²) in [5, 5.41) is 9.06. The molecular weight excluding hydrogens is 571 g/mol. The molecule has 0 unspecified atom stereocenters. The largest absolute Gasteiger partial charge is 0.573 e. The SMILES string of the molecule is CC(C)(C)OC(=O)N1CCC(Sc2nc3ccccc3c3cc(CNC(=O)c4ccccc4OC(F)(F)F)nn23)CC1. The minimum Gasteiger partial charge on any atom is -0.444 e. The van der Waals surface area contributed by atoms with Crippen LogP contribution in [0.25, 0.3) is 16.4 Å². The molecule has 4 aromatic rings. The topological polar surface area (TPSA) is 98.1 Å². The van der Waals surface area contributed by atoms with Gasteiger partial charge in [0.2, 0.25) is 0 Å². The monoisotopic (exact) mass is 601 g/mol. The van der Waals surface area contributed by atoms with Gasteiger partial charge in [0.05, 0.1) is 28.8 Å². The quantitative estimate of drug-likeness (QED) is 0.263. The fourth-order valence-corrected chi connectivity index (χ4v) is 5.77. The number of carbonyl (C=O) groups excluding carboxylic acids is 2. The Hall–Kier alpha value is -4.00. The molecule has 0 spiro atoms. The minimum absolute atomic E-state index is 0.0203. The van der Waals surface area contributed by atoms with Gasteiger partial charge in [-0.05, 0) is 57.9 Å². The number of para-hydroxylation sites is 2. The van der Waals surface area contributed by atoms with Crippen LogP contribution >= 0.6 is 11.8 Å². The number of hydrogen-bond donors (Lipinski definition) is 1. The molecule has 2 amide bonds. The fourth-order valence-electron chi connectivity index (χ4n) is 4.63. The van der Waals surface area contributed by atoms with E-state index in [9.17, 15) is 22.8 Å². The van der Waals surface area contributed by atoms with Crippen molar-refractivity contribution in [3.63, 3.8) is 0 Å². The molecule has 2 aromatic heterocycles. The third kappa shape index (κ3) is 7.07. The lowest BCUT2D eigenvalue weighted by Gasteiger charge is -2.33. The zero-order valence-electron chi connectivity index (χ0n) is 23.3. The van der Waals surface area contributed by atoms with Gasteiger partial charge in [0.15, 0.2) is 5.16 Å². The van der Waals surface area contributed by atoms with Gasteiger partial charge in [-0.3, -0.25) is 4.79 Å². The highest BCUT2D eigenvalue weighted by atomic mass is 32.2. The third-order valence-corrected chi connectivity index (χ3v) is 7.77. The molecular formula is C29H30F3N5O4S. The van der Waals surface area contributed by atoms with Gasteiger partial charge in [0.25, 0.3) is 5.91 Å². The molecule has 1 saturated heterocycles. The third-order valence-electron chi connectivity index (χ3n) is 6.49. The Bertz CT molecular complexity index is 1610. The summed E-state index contributed by atoms with van der Waals surface area (Å²) in [7, 11) is 0. The van der Waals surface area contributed by atoms with E-state index in [1.165, 1.54) is 18.2 Å². The molecule has 1 aliphatic heterocycles. The number of carbonyl (C=O) groups is 2. The number of likely N-dealkylation sites (tertiary alicyclic amines) is 1. The molecule has 9 nitrogen and oxygen atoms in total. The molecule has 1 aliphatic rings. The Labute approximate surface area is 244 Å². The molecule has 0 atom stereocenters. The normalized spacial score (nSPS) is 14.8. The van der Waals surface area contributed by atoms with Crippen molar-refractivity contribution in [2.24, 2.45) is 0 Å². The van der Waals surface area contributed by atoms with Crippen LogP contribution in [0.15, 0.2) is 59.8 Å². The zero-order valence-corrected chi connectivity index (χ0v) is 24.1. The van der Waals surface area contributed by atoms with Crippen LogP contribution in [0.4, 0.5) is 18.0 Å². The van der Waals surface area contributed by atoms with E-state index in [-0.39, 0.29) is 23.5 Å². The molecule has 0 bridgehead atoms. The van der Waals surface area contributed by atoms with Gasteiger partial charge in [0.1, 0.15) is 11.4 Å². The summed E-state index contributed by atoms with van der Waals surface area (Å²) in [5.74, 6) is -1.30. The maximum absolute atomic E-state index is 12.8. The number of rotatable bonds is 6. The number of fused-ring (bicyclic) bond motifs is 3. The van der Waals surface area contributed by atoms with Crippen LogP contribution in [0.5, 0.6) is 5.75 Å². The molecule has 2 aromatic carbocycles. The van der Waals surface area contributed by atoms with Gasteiger partial charge in [-0.15, -0.1) is 13.2 Å². The van der Waals surface area contributed by atoms with Crippen LogP contribution in [-0.2, 0) is 11.3 Å². The lowest BCUT2D eigenvalue weighted by atomic mass is 10.1. The van der Waals surface area contributed by atoms with Crippen LogP contribution < -0.4 is 10.1 Å². The summed E-state index contributed by atoms with van der Waals surface area (Å²) in [5.41, 5.74) is 1.30. The summed E-state index contributed by atoms with van der Waals surface area (Å²) in [6, 6.07) is 14.6. The standard InChI is InChI=1S/C29H30F3N5O4S/c1-28(2,3)41-27(39)36-14-12-19(13-15-36)42-26-34-22-10-6-4-8-20(22)23-16-18(35-37(23)26)17-33-25(38)21-9-5-7-11-24(21)40-29(30,31)32/h4-11,16,19H,12-15,17H2,1-3H3,(H,33,38). The Morgan fingerprint density at radius 2 is 1.74 bits per heavy atom. The number of hydrogen-bond acceptors (Lipinski definition) is 7. The second kappa shape index (κ2) is 11.7. The average molecular weight is 602 g/mol. The Kier molecular flexibility index (Phi) is 8.22. The fraction of sp³-hybridized carbons (Fsp3) is 0.379. The summed E-state index contributed by atoms with van der Waals surface area (Å²) < 4.78 is 49.7. The van der Waals surface area contributed by atoms with E-state index >= 15 is 0 Å². The number of ether oxygens (including phenoxy) is 2. The second-order valence-corrected chi connectivity index (χ2v) is 12.1. The van der Waals surface area contributed by atoms with E-state index in [0.29, 0.717) is 23.9 Å². The van der Waals surface area contributed by atoms with Crippen molar-refractivity contribution in [3.8, 4) is 5.75 Å². The van der Waals surface area contributed by atoms with Crippen molar-refractivity contribution in [1.82, 2.24) is 24.8 Å². The van der Waals surface area contributed by atoms with E-state index in [0.717, 1.165) is 35.3 Å². The minimum atomic E-state index is -4.92. The number of thioether (sulfide) groups is 1. The van der Waals surface area contributed by atoms with E-state index < -0.39 is 23.6 Å². The number of alkyl halides is 3. The van der Waals surface area contributed by atoms with Gasteiger partial charge >= 0.3 is 12.5 Å². The zero-order chi connectivity index (χ0) is 30.1. The molecule has 13 heteroatoms. The second-order valence-electron chi connectivity index (χ2n) is 10.9. The van der Waals surface area contributed by atoms with Crippen LogP contribution in [0.3, 0.4) is 0 Å². The van der Waals surface area contributed by atoms with Crippen LogP contribution in [0.1, 0.15) is 49.7 Å². The first-order valence-corrected chi connectivity index (χ1v) is 14.3. The lowest BCUT2D eigenvalue weighted by Crippen LogP contribution is -2.42. The number of nitrogens with one attached hydrogen (secondary N) is 1. The average Bonchev–Trinajstić information content (AvgIpc) is 3.36. The molecule has 222 valence electrons. The summed E-state index contributed by atoms with van der Waals surface area (Å²) >= 11 is 1.58. The van der Waals surface area contributed by atoms with E-state index in [2.05, 4.69) is 15.2 Å². The van der Waals surface area contributed by atoms with Gasteiger partial charge < -0.3 is 19.7 Å². The number of benzene rings is 2. The Morgan fingerprint density at radius 3 is 2.45 bits per heavy atom. The first-order chi connectivity index (χ1) is 19.9. The maximum atomic E-state index is 12.8. The highest BCUT2D eigenvalue weighted by Gasteiger charge is 2.33. The smallest absolute Gasteiger partial charge is 0.444 e. The number of halogens is 3. The molecule has 3 heterocycles. The van der Waals surface area contributed by atoms with Crippen molar-refractivity contribution >= 4 is 40.2 Å². The van der Waals surface area contributed by atoms with E-state index in [4.69, 9.17) is 9.72 Å². The van der Waals surface area contributed by atoms with Crippen molar-refractivity contribution < 1.29 is 32.2 Å². The molecule has 0 radical (unpaired) electrons. The highest BCUT2D eigenvalue weighted by molar-refractivity contribution is 7.99. The van der Waals surface area contributed by atoms with Crippen molar-refractivity contribution in [3.05, 3.63) is 65.9 Å². The van der Waals surface area contributed by atoms with Gasteiger partial charge in [-0.25, -0.2) is 14.3 Å². The van der Waals surface area contributed by atoms with Crippen molar-refractivity contribution in [2.75, 3.05) is 13.1 Å². The Morgan fingerprint density at radius 1 is 1.05 bits per heavy atom. The number of amides is 2. The predicted octanol–water partition coefficient (Wildman–Crippen LogP) is 6.20. The van der Waals surface area contributed by atoms with Crippen LogP contribution in [0.2, 0.25) is 0 Å². The number of piperidine rings is 1. The van der Waals surface area contributed by atoms with E-state index in [1.54, 1.807) is 21.2 Å². The molecule has 1 fully saturated rings. The van der Waals surface area contributed by atoms with Crippen LogP contribution in [0, 0.1) is 0 Å². The predicted molar refractivity (Wildman–Crippen MR) is 151 cm³/mol. The first-order valence-electron chi connectivity index (χ1n) is 13.4. The van der Waals surface area contributed by atoms with Crippen LogP contribution in [-0.4, -0.2) is 61.8 Å². The van der Waals surface area contributed by atoms with Crippen molar-refractivity contribution in [2.45, 2.75) is 62.5 Å². The summed E-state index contributed by atoms with van der Waals surface area (Å²) in [6.45, 7) is 6.64. The number of aromatic nitrogens is 3.